The SMILES string of the molecule is CNC(=O)C1CN(Cc2ccccc2)CCN1C(=O)c1cncnc1C. The summed E-state index contributed by atoms with van der Waals surface area (Å²) in [4.78, 5) is 37.3. The number of aromatic nitrogens is 2. The van der Waals surface area contributed by atoms with Crippen LogP contribution in [-0.2, 0) is 11.3 Å². The second kappa shape index (κ2) is 8.05. The van der Waals surface area contributed by atoms with Gasteiger partial charge in [-0.05, 0) is 12.5 Å². The molecule has 2 heterocycles. The summed E-state index contributed by atoms with van der Waals surface area (Å²) < 4.78 is 0. The lowest BCUT2D eigenvalue weighted by molar-refractivity contribution is -0.127. The van der Waals surface area contributed by atoms with Crippen molar-refractivity contribution >= 4 is 11.8 Å². The Bertz CT molecular complexity index is 781. The zero-order valence-electron chi connectivity index (χ0n) is 15.1. The van der Waals surface area contributed by atoms with Gasteiger partial charge in [0.15, 0.2) is 0 Å². The van der Waals surface area contributed by atoms with E-state index >= 15 is 0 Å². The number of nitrogens with zero attached hydrogens (tertiary/aromatic N) is 4. The van der Waals surface area contributed by atoms with Crippen LogP contribution in [0.4, 0.5) is 0 Å². The van der Waals surface area contributed by atoms with E-state index in [1.165, 1.54) is 18.1 Å². The van der Waals surface area contributed by atoms with Crippen LogP contribution >= 0.6 is 0 Å². The molecule has 0 spiro atoms. The lowest BCUT2D eigenvalue weighted by atomic mass is 10.1. The smallest absolute Gasteiger partial charge is 0.258 e. The molecule has 0 bridgehead atoms. The number of benzene rings is 1. The maximum Gasteiger partial charge on any atom is 0.258 e. The van der Waals surface area contributed by atoms with Gasteiger partial charge in [0.2, 0.25) is 5.91 Å². The van der Waals surface area contributed by atoms with Gasteiger partial charge in [0, 0.05) is 39.4 Å². The van der Waals surface area contributed by atoms with E-state index in [-0.39, 0.29) is 11.8 Å². The molecule has 1 unspecified atom stereocenters. The molecule has 1 saturated heterocycles. The lowest BCUT2D eigenvalue weighted by Gasteiger charge is -2.40. The molecule has 0 saturated carbocycles. The van der Waals surface area contributed by atoms with Crippen molar-refractivity contribution in [3.8, 4) is 0 Å². The highest BCUT2D eigenvalue weighted by Crippen LogP contribution is 2.17. The van der Waals surface area contributed by atoms with Crippen molar-refractivity contribution in [3.05, 3.63) is 59.7 Å². The van der Waals surface area contributed by atoms with E-state index in [9.17, 15) is 9.59 Å². The number of aryl methyl sites for hydroxylation is 1. The van der Waals surface area contributed by atoms with E-state index in [4.69, 9.17) is 0 Å². The van der Waals surface area contributed by atoms with E-state index in [1.807, 2.05) is 18.2 Å². The number of hydrogen-bond acceptors (Lipinski definition) is 5. The zero-order chi connectivity index (χ0) is 18.5. The summed E-state index contributed by atoms with van der Waals surface area (Å²) in [5, 5.41) is 2.68. The number of likely N-dealkylation sites (N-methyl/N-ethyl adjacent to an activating group) is 1. The minimum absolute atomic E-state index is 0.161. The molecule has 26 heavy (non-hydrogen) atoms. The van der Waals surface area contributed by atoms with Crippen molar-refractivity contribution in [1.82, 2.24) is 25.1 Å². The monoisotopic (exact) mass is 353 g/mol. The molecule has 136 valence electrons. The van der Waals surface area contributed by atoms with Crippen molar-refractivity contribution < 1.29 is 9.59 Å². The number of piperazine rings is 1. The molecule has 1 aliphatic heterocycles. The first-order chi connectivity index (χ1) is 12.6. The third-order valence-corrected chi connectivity index (χ3v) is 4.67. The molecule has 2 aromatic rings. The predicted molar refractivity (Wildman–Crippen MR) is 97.4 cm³/mol. The highest BCUT2D eigenvalue weighted by Gasteiger charge is 2.35. The molecule has 1 aliphatic rings. The standard InChI is InChI=1S/C19H23N5O2/c1-14-16(10-21-13-22-14)19(26)24-9-8-23(12-17(24)18(25)20-2)11-15-6-4-3-5-7-15/h3-7,10,13,17H,8-9,11-12H2,1-2H3,(H,20,25). The average Bonchev–Trinajstić information content (AvgIpc) is 2.68. The van der Waals surface area contributed by atoms with Crippen molar-refractivity contribution in [2.45, 2.75) is 19.5 Å². The summed E-state index contributed by atoms with van der Waals surface area (Å²) in [6.07, 6.45) is 2.93. The average molecular weight is 353 g/mol. The van der Waals surface area contributed by atoms with Gasteiger partial charge in [-0.1, -0.05) is 30.3 Å². The maximum atomic E-state index is 13.0. The van der Waals surface area contributed by atoms with Gasteiger partial charge in [-0.25, -0.2) is 9.97 Å². The first-order valence-electron chi connectivity index (χ1n) is 8.65. The quantitative estimate of drug-likeness (QED) is 0.882. The van der Waals surface area contributed by atoms with Gasteiger partial charge in [-0.15, -0.1) is 0 Å². The van der Waals surface area contributed by atoms with Crippen LogP contribution in [0.15, 0.2) is 42.9 Å². The molecular formula is C19H23N5O2. The fourth-order valence-electron chi connectivity index (χ4n) is 3.21. The molecule has 1 fully saturated rings. The Morgan fingerprint density at radius 1 is 1.23 bits per heavy atom. The first-order valence-corrected chi connectivity index (χ1v) is 8.65. The second-order valence-electron chi connectivity index (χ2n) is 6.37. The third-order valence-electron chi connectivity index (χ3n) is 4.67. The normalized spacial score (nSPS) is 17.8. The van der Waals surface area contributed by atoms with Gasteiger partial charge >= 0.3 is 0 Å². The van der Waals surface area contributed by atoms with Crippen LogP contribution in [0, 0.1) is 6.92 Å². The summed E-state index contributed by atoms with van der Waals surface area (Å²) in [6.45, 7) is 4.21. The van der Waals surface area contributed by atoms with Crippen LogP contribution in [0.25, 0.3) is 0 Å². The Morgan fingerprint density at radius 3 is 2.69 bits per heavy atom. The minimum atomic E-state index is -0.537. The van der Waals surface area contributed by atoms with Crippen molar-refractivity contribution in [2.24, 2.45) is 0 Å². The maximum absolute atomic E-state index is 13.0. The molecule has 3 rings (SSSR count). The molecular weight excluding hydrogens is 330 g/mol. The number of nitrogens with one attached hydrogen (secondary N) is 1. The molecule has 1 atom stereocenters. The topological polar surface area (TPSA) is 78.4 Å². The molecule has 1 N–H and O–H groups in total. The summed E-state index contributed by atoms with van der Waals surface area (Å²) in [6, 6.07) is 9.59. The molecule has 1 aromatic heterocycles. The van der Waals surface area contributed by atoms with E-state index in [1.54, 1.807) is 18.9 Å². The largest absolute Gasteiger partial charge is 0.357 e. The Kier molecular flexibility index (Phi) is 5.58. The number of amides is 2. The van der Waals surface area contributed by atoms with Gasteiger partial charge in [-0.2, -0.15) is 0 Å². The third kappa shape index (κ3) is 3.88. The van der Waals surface area contributed by atoms with Crippen molar-refractivity contribution in [2.75, 3.05) is 26.7 Å². The van der Waals surface area contributed by atoms with Crippen molar-refractivity contribution in [3.63, 3.8) is 0 Å². The van der Waals surface area contributed by atoms with Crippen LogP contribution in [0.3, 0.4) is 0 Å². The van der Waals surface area contributed by atoms with E-state index < -0.39 is 6.04 Å². The lowest BCUT2D eigenvalue weighted by Crippen LogP contribution is -2.60. The van der Waals surface area contributed by atoms with Crippen LogP contribution in [-0.4, -0.2) is 64.3 Å². The summed E-state index contributed by atoms with van der Waals surface area (Å²) in [5.74, 6) is -0.360. The Balaban J connectivity index is 1.78. The van der Waals surface area contributed by atoms with Crippen molar-refractivity contribution in [1.29, 1.82) is 0 Å². The highest BCUT2D eigenvalue weighted by molar-refractivity contribution is 5.98. The Morgan fingerprint density at radius 2 is 2.00 bits per heavy atom. The predicted octanol–water partition coefficient (Wildman–Crippen LogP) is 0.858. The van der Waals surface area contributed by atoms with Gasteiger partial charge < -0.3 is 10.2 Å². The van der Waals surface area contributed by atoms with Gasteiger partial charge in [0.05, 0.1) is 11.3 Å². The number of hydrogen-bond donors (Lipinski definition) is 1. The minimum Gasteiger partial charge on any atom is -0.357 e. The van der Waals surface area contributed by atoms with Gasteiger partial charge in [0.1, 0.15) is 12.4 Å². The molecule has 0 radical (unpaired) electrons. The first kappa shape index (κ1) is 18.0. The number of carbonyl (C=O) groups excluding carboxylic acids is 2. The van der Waals surface area contributed by atoms with Gasteiger partial charge in [0.25, 0.3) is 5.91 Å². The zero-order valence-corrected chi connectivity index (χ0v) is 15.1. The number of carbonyl (C=O) groups is 2. The van der Waals surface area contributed by atoms with Crippen LogP contribution < -0.4 is 5.32 Å². The number of rotatable bonds is 4. The fraction of sp³-hybridized carbons (Fsp3) is 0.368. The molecule has 7 heteroatoms. The second-order valence-corrected chi connectivity index (χ2v) is 6.37. The fourth-order valence-corrected chi connectivity index (χ4v) is 3.21. The molecule has 2 amide bonds. The van der Waals surface area contributed by atoms with E-state index in [0.29, 0.717) is 30.9 Å². The molecule has 7 nitrogen and oxygen atoms in total. The summed E-state index contributed by atoms with van der Waals surface area (Å²) in [5.41, 5.74) is 2.25. The Hall–Kier alpha value is -2.80. The van der Waals surface area contributed by atoms with E-state index in [0.717, 1.165) is 6.54 Å². The summed E-state index contributed by atoms with van der Waals surface area (Å²) >= 11 is 0. The highest BCUT2D eigenvalue weighted by atomic mass is 16.2. The summed E-state index contributed by atoms with van der Waals surface area (Å²) in [7, 11) is 1.60. The molecule has 0 aliphatic carbocycles. The van der Waals surface area contributed by atoms with Crippen LogP contribution in [0.5, 0.6) is 0 Å². The van der Waals surface area contributed by atoms with Crippen LogP contribution in [0.1, 0.15) is 21.6 Å². The van der Waals surface area contributed by atoms with E-state index in [2.05, 4.69) is 32.3 Å². The molecule has 1 aromatic carbocycles. The van der Waals surface area contributed by atoms with Gasteiger partial charge in [-0.3, -0.25) is 14.5 Å². The van der Waals surface area contributed by atoms with Crippen LogP contribution in [0.2, 0.25) is 0 Å². The Labute approximate surface area is 153 Å².